The number of hydrogen-bond acceptors (Lipinski definition) is 3. The van der Waals surface area contributed by atoms with Gasteiger partial charge in [-0.25, -0.2) is 0 Å². The Bertz CT molecular complexity index is 509. The fourth-order valence-electron chi connectivity index (χ4n) is 2.29. The summed E-state index contributed by atoms with van der Waals surface area (Å²) in [7, 11) is 0. The van der Waals surface area contributed by atoms with Crippen LogP contribution in [-0.2, 0) is 12.8 Å². The van der Waals surface area contributed by atoms with Gasteiger partial charge in [0.05, 0.1) is 0 Å². The van der Waals surface area contributed by atoms with Crippen molar-refractivity contribution in [3.63, 3.8) is 0 Å². The molecule has 2 aromatic rings. The van der Waals surface area contributed by atoms with Crippen molar-refractivity contribution in [3.8, 4) is 0 Å². The summed E-state index contributed by atoms with van der Waals surface area (Å²) in [6, 6.07) is 8.51. The van der Waals surface area contributed by atoms with Gasteiger partial charge in [-0.15, -0.1) is 0 Å². The van der Waals surface area contributed by atoms with E-state index in [-0.39, 0.29) is 5.28 Å². The smallest absolute Gasteiger partial charge is 0.263 e. The van der Waals surface area contributed by atoms with Crippen molar-refractivity contribution in [3.05, 3.63) is 46.6 Å². The molecule has 82 valence electrons. The Labute approximate surface area is 98.4 Å². The van der Waals surface area contributed by atoms with Crippen LogP contribution in [0.4, 0.5) is 0 Å². The van der Waals surface area contributed by atoms with E-state index in [0.29, 0.717) is 11.8 Å². The highest BCUT2D eigenvalue weighted by atomic mass is 35.5. The molecule has 0 spiro atoms. The van der Waals surface area contributed by atoms with Crippen molar-refractivity contribution in [2.45, 2.75) is 25.2 Å². The Morgan fingerprint density at radius 3 is 2.81 bits per heavy atom. The van der Waals surface area contributed by atoms with E-state index >= 15 is 0 Å². The molecule has 1 atom stereocenters. The van der Waals surface area contributed by atoms with Crippen LogP contribution in [0.25, 0.3) is 0 Å². The van der Waals surface area contributed by atoms with Crippen LogP contribution >= 0.6 is 11.6 Å². The highest BCUT2D eigenvalue weighted by molar-refractivity contribution is 6.28. The van der Waals surface area contributed by atoms with Gasteiger partial charge in [-0.2, -0.15) is 4.98 Å². The van der Waals surface area contributed by atoms with Crippen molar-refractivity contribution in [2.75, 3.05) is 0 Å². The zero-order valence-electron chi connectivity index (χ0n) is 8.69. The molecule has 0 radical (unpaired) electrons. The lowest BCUT2D eigenvalue weighted by Crippen LogP contribution is -2.12. The lowest BCUT2D eigenvalue weighted by molar-refractivity contribution is 0.340. The number of aryl methyl sites for hydroxylation is 1. The second kappa shape index (κ2) is 3.91. The van der Waals surface area contributed by atoms with E-state index in [9.17, 15) is 0 Å². The fraction of sp³-hybridized carbons (Fsp3) is 0.333. The molecular formula is C12H11ClN2O. The van der Waals surface area contributed by atoms with Crippen LogP contribution in [0.3, 0.4) is 0 Å². The van der Waals surface area contributed by atoms with Gasteiger partial charge in [0, 0.05) is 5.92 Å². The van der Waals surface area contributed by atoms with E-state index in [1.165, 1.54) is 11.1 Å². The molecule has 1 unspecified atom stereocenters. The molecule has 4 heteroatoms. The van der Waals surface area contributed by atoms with Gasteiger partial charge in [-0.05, 0) is 47.1 Å². The van der Waals surface area contributed by atoms with Gasteiger partial charge in [-0.1, -0.05) is 24.3 Å². The molecule has 0 N–H and O–H groups in total. The minimum atomic E-state index is 0.203. The van der Waals surface area contributed by atoms with Crippen molar-refractivity contribution >= 4 is 11.6 Å². The van der Waals surface area contributed by atoms with Crippen LogP contribution in [0.2, 0.25) is 5.28 Å². The van der Waals surface area contributed by atoms with Gasteiger partial charge in [0.15, 0.2) is 0 Å². The first-order valence-corrected chi connectivity index (χ1v) is 5.76. The van der Waals surface area contributed by atoms with Crippen LogP contribution in [0, 0.1) is 0 Å². The second-order valence-electron chi connectivity index (χ2n) is 4.11. The molecule has 0 bridgehead atoms. The highest BCUT2D eigenvalue weighted by Gasteiger charge is 2.24. The predicted molar refractivity (Wildman–Crippen MR) is 60.5 cm³/mol. The zero-order chi connectivity index (χ0) is 11.0. The zero-order valence-corrected chi connectivity index (χ0v) is 9.44. The lowest BCUT2D eigenvalue weighted by Gasteiger charge is -2.21. The summed E-state index contributed by atoms with van der Waals surface area (Å²) in [6.45, 7) is 0. The van der Waals surface area contributed by atoms with Crippen LogP contribution in [0.5, 0.6) is 0 Å². The quantitative estimate of drug-likeness (QED) is 0.762. The molecule has 0 fully saturated rings. The molecule has 1 aliphatic rings. The number of nitrogens with zero attached hydrogens (tertiary/aromatic N) is 2. The van der Waals surface area contributed by atoms with E-state index in [2.05, 4.69) is 34.4 Å². The third kappa shape index (κ3) is 1.71. The molecule has 0 saturated carbocycles. The highest BCUT2D eigenvalue weighted by Crippen LogP contribution is 2.31. The summed E-state index contributed by atoms with van der Waals surface area (Å²) in [5.41, 5.74) is 2.82. The van der Waals surface area contributed by atoms with Gasteiger partial charge in [0.25, 0.3) is 5.28 Å². The number of fused-ring (bicyclic) bond motifs is 1. The van der Waals surface area contributed by atoms with Gasteiger partial charge in [0.1, 0.15) is 0 Å². The molecule has 1 heterocycles. The number of aromatic nitrogens is 2. The van der Waals surface area contributed by atoms with E-state index in [0.717, 1.165) is 19.3 Å². The molecule has 3 rings (SSSR count). The largest absolute Gasteiger partial charge is 0.338 e. The predicted octanol–water partition coefficient (Wildman–Crippen LogP) is 3.00. The first-order valence-electron chi connectivity index (χ1n) is 5.39. The number of benzene rings is 1. The number of hydrogen-bond donors (Lipinski definition) is 0. The first kappa shape index (κ1) is 9.85. The molecule has 16 heavy (non-hydrogen) atoms. The maximum atomic E-state index is 5.66. The number of rotatable bonds is 1. The van der Waals surface area contributed by atoms with Crippen molar-refractivity contribution in [1.82, 2.24) is 10.1 Å². The summed E-state index contributed by atoms with van der Waals surface area (Å²) < 4.78 is 5.13. The van der Waals surface area contributed by atoms with Crippen molar-refractivity contribution in [2.24, 2.45) is 0 Å². The maximum Gasteiger partial charge on any atom is 0.263 e. The minimum Gasteiger partial charge on any atom is -0.338 e. The van der Waals surface area contributed by atoms with Gasteiger partial charge in [-0.3, -0.25) is 0 Å². The Morgan fingerprint density at radius 2 is 2.06 bits per heavy atom. The molecule has 0 aliphatic heterocycles. The summed E-state index contributed by atoms with van der Waals surface area (Å²) in [5, 5.41) is 3.83. The summed E-state index contributed by atoms with van der Waals surface area (Å²) in [5.74, 6) is 0.981. The fourth-order valence-corrected chi connectivity index (χ4v) is 2.41. The van der Waals surface area contributed by atoms with Gasteiger partial charge in [0.2, 0.25) is 5.89 Å². The van der Waals surface area contributed by atoms with E-state index in [4.69, 9.17) is 16.1 Å². The second-order valence-corrected chi connectivity index (χ2v) is 4.45. The molecule has 3 nitrogen and oxygen atoms in total. The number of halogens is 1. The van der Waals surface area contributed by atoms with E-state index in [1.807, 2.05) is 0 Å². The molecule has 0 saturated heterocycles. The Balaban J connectivity index is 1.88. The van der Waals surface area contributed by atoms with Crippen molar-refractivity contribution < 1.29 is 4.52 Å². The Morgan fingerprint density at radius 1 is 1.25 bits per heavy atom. The van der Waals surface area contributed by atoms with Crippen LogP contribution in [0.1, 0.15) is 29.4 Å². The molecular weight excluding hydrogens is 224 g/mol. The van der Waals surface area contributed by atoms with Gasteiger partial charge >= 0.3 is 0 Å². The molecule has 0 amide bonds. The maximum absolute atomic E-state index is 5.66. The normalized spacial score (nSPS) is 19.4. The Hall–Kier alpha value is -1.35. The third-order valence-corrected chi connectivity index (χ3v) is 3.27. The average molecular weight is 235 g/mol. The molecule has 1 aromatic heterocycles. The topological polar surface area (TPSA) is 38.9 Å². The molecule has 1 aliphatic carbocycles. The first-order chi connectivity index (χ1) is 7.83. The summed E-state index contributed by atoms with van der Waals surface area (Å²) >= 11 is 5.66. The van der Waals surface area contributed by atoms with E-state index in [1.54, 1.807) is 0 Å². The van der Waals surface area contributed by atoms with Crippen LogP contribution in [-0.4, -0.2) is 10.1 Å². The van der Waals surface area contributed by atoms with Gasteiger partial charge < -0.3 is 4.52 Å². The summed E-state index contributed by atoms with van der Waals surface area (Å²) in [4.78, 5) is 4.09. The third-order valence-electron chi connectivity index (χ3n) is 3.11. The van der Waals surface area contributed by atoms with Crippen LogP contribution in [0.15, 0.2) is 28.8 Å². The monoisotopic (exact) mass is 234 g/mol. The average Bonchev–Trinajstić information content (AvgIpc) is 2.75. The van der Waals surface area contributed by atoms with E-state index < -0.39 is 0 Å². The standard InChI is InChI=1S/C12H11ClN2O/c13-12-14-11(16-15-12)10-6-5-8-3-1-2-4-9(8)7-10/h1-4,10H,5-7H2. The Kier molecular flexibility index (Phi) is 2.40. The van der Waals surface area contributed by atoms with Crippen molar-refractivity contribution in [1.29, 1.82) is 0 Å². The van der Waals surface area contributed by atoms with Crippen LogP contribution < -0.4 is 0 Å². The minimum absolute atomic E-state index is 0.203. The summed E-state index contributed by atoms with van der Waals surface area (Å²) in [6.07, 6.45) is 3.09. The SMILES string of the molecule is Clc1noc(C2CCc3ccccc3C2)n1. The molecule has 1 aromatic carbocycles. The lowest BCUT2D eigenvalue weighted by atomic mass is 9.84.